The maximum absolute atomic E-state index is 13.0. The van der Waals surface area contributed by atoms with Gasteiger partial charge in [0.2, 0.25) is 0 Å². The van der Waals surface area contributed by atoms with Gasteiger partial charge < -0.3 is 13.6 Å². The normalized spacial score (nSPS) is 11.9. The second-order valence-corrected chi connectivity index (χ2v) is 10.6. The minimum Gasteiger partial charge on any atom is -0.463 e. The molecule has 0 spiro atoms. The number of nitrogens with one attached hydrogen (secondary N) is 1. The molecule has 7 aromatic rings. The molecule has 0 aliphatic rings. The third kappa shape index (κ3) is 5.27. The lowest BCUT2D eigenvalue weighted by molar-refractivity contribution is -0.123. The van der Waals surface area contributed by atoms with Gasteiger partial charge in [0.1, 0.15) is 11.4 Å². The monoisotopic (exact) mass is 586 g/mol. The minimum absolute atomic E-state index is 0.227. The van der Waals surface area contributed by atoms with E-state index in [0.29, 0.717) is 39.1 Å². The summed E-state index contributed by atoms with van der Waals surface area (Å²) in [6.45, 7) is 1.51. The summed E-state index contributed by atoms with van der Waals surface area (Å²) in [6.07, 6.45) is 2.04. The summed E-state index contributed by atoms with van der Waals surface area (Å²) < 4.78 is 16.6. The topological polar surface area (TPSA) is 120 Å². The smallest absolute Gasteiger partial charge is 0.338 e. The lowest BCUT2D eigenvalue weighted by atomic mass is 10.1. The van der Waals surface area contributed by atoms with Crippen molar-refractivity contribution in [2.75, 3.05) is 5.32 Å². The van der Waals surface area contributed by atoms with Crippen LogP contribution in [0.3, 0.4) is 0 Å². The highest BCUT2D eigenvalue weighted by Crippen LogP contribution is 2.32. The molecular formula is C33H22N4O5S. The highest BCUT2D eigenvalue weighted by atomic mass is 32.1. The number of carbonyl (C=O) groups is 2. The number of anilines is 1. The van der Waals surface area contributed by atoms with Crippen LogP contribution in [-0.2, 0) is 9.53 Å². The molecule has 0 bridgehead atoms. The Morgan fingerprint density at radius 3 is 2.23 bits per heavy atom. The van der Waals surface area contributed by atoms with Crippen LogP contribution in [0.4, 0.5) is 5.13 Å². The Labute approximate surface area is 248 Å². The quantitative estimate of drug-likeness (QED) is 0.190. The highest BCUT2D eigenvalue weighted by Gasteiger charge is 2.22. The molecule has 0 saturated heterocycles. The van der Waals surface area contributed by atoms with E-state index in [1.807, 2.05) is 35.7 Å². The summed E-state index contributed by atoms with van der Waals surface area (Å²) in [4.78, 5) is 39.9. The van der Waals surface area contributed by atoms with Gasteiger partial charge in [0.05, 0.1) is 34.8 Å². The summed E-state index contributed by atoms with van der Waals surface area (Å²) in [5.41, 5.74) is 3.91. The van der Waals surface area contributed by atoms with Crippen molar-refractivity contribution in [1.82, 2.24) is 15.0 Å². The standard InChI is InChI=1S/C33H22N4O5S/c1-19(31(38)37-33-36-26(18-43-33)22-11-10-20-6-2-3-7-21(20)16-22)42-32(39)23-12-13-24-25(17-23)35-30(28-9-5-15-41-28)29(34-24)27-8-4-14-40-27/h2-19H,1H3,(H,36,37,38). The fourth-order valence-corrected chi connectivity index (χ4v) is 5.38. The van der Waals surface area contributed by atoms with E-state index in [2.05, 4.69) is 22.4 Å². The number of fused-ring (bicyclic) bond motifs is 2. The lowest BCUT2D eigenvalue weighted by Crippen LogP contribution is -2.30. The number of thiazole rings is 1. The third-order valence-electron chi connectivity index (χ3n) is 6.84. The van der Waals surface area contributed by atoms with Gasteiger partial charge in [-0.15, -0.1) is 11.3 Å². The van der Waals surface area contributed by atoms with Gasteiger partial charge in [-0.2, -0.15) is 0 Å². The Morgan fingerprint density at radius 2 is 1.51 bits per heavy atom. The van der Waals surface area contributed by atoms with Gasteiger partial charge in [-0.05, 0) is 66.2 Å². The Hall–Kier alpha value is -5.61. The number of hydrogen-bond acceptors (Lipinski definition) is 9. The molecule has 0 aliphatic carbocycles. The third-order valence-corrected chi connectivity index (χ3v) is 7.60. The predicted octanol–water partition coefficient (Wildman–Crippen LogP) is 7.61. The SMILES string of the molecule is CC(OC(=O)c1ccc2nc(-c3ccco3)c(-c3ccco3)nc2c1)C(=O)Nc1nc(-c2ccc3ccccc3c2)cs1. The van der Waals surface area contributed by atoms with Crippen LogP contribution in [-0.4, -0.2) is 32.9 Å². The fraction of sp³-hybridized carbons (Fsp3) is 0.0606. The maximum Gasteiger partial charge on any atom is 0.338 e. The zero-order chi connectivity index (χ0) is 29.3. The Balaban J connectivity index is 1.07. The molecule has 9 nitrogen and oxygen atoms in total. The summed E-state index contributed by atoms with van der Waals surface area (Å²) in [6, 6.07) is 26.1. The second-order valence-electron chi connectivity index (χ2n) is 9.72. The molecular weight excluding hydrogens is 564 g/mol. The van der Waals surface area contributed by atoms with E-state index in [1.165, 1.54) is 18.3 Å². The van der Waals surface area contributed by atoms with Crippen LogP contribution in [0.2, 0.25) is 0 Å². The zero-order valence-corrected chi connectivity index (χ0v) is 23.5. The molecule has 1 unspecified atom stereocenters. The minimum atomic E-state index is -1.07. The molecule has 1 amide bonds. The van der Waals surface area contributed by atoms with Crippen molar-refractivity contribution in [3.05, 3.63) is 108 Å². The zero-order valence-electron chi connectivity index (χ0n) is 22.7. The van der Waals surface area contributed by atoms with Crippen molar-refractivity contribution in [1.29, 1.82) is 0 Å². The highest BCUT2D eigenvalue weighted by molar-refractivity contribution is 7.14. The van der Waals surface area contributed by atoms with Gasteiger partial charge in [-0.3, -0.25) is 10.1 Å². The van der Waals surface area contributed by atoms with E-state index >= 15 is 0 Å². The van der Waals surface area contributed by atoms with E-state index in [4.69, 9.17) is 23.5 Å². The van der Waals surface area contributed by atoms with Crippen LogP contribution in [0, 0.1) is 0 Å². The van der Waals surface area contributed by atoms with Gasteiger partial charge in [0, 0.05) is 10.9 Å². The number of nitrogens with zero attached hydrogens (tertiary/aromatic N) is 3. The van der Waals surface area contributed by atoms with Crippen LogP contribution < -0.4 is 5.32 Å². The van der Waals surface area contributed by atoms with Gasteiger partial charge in [-0.25, -0.2) is 19.7 Å². The van der Waals surface area contributed by atoms with Gasteiger partial charge in [-0.1, -0.05) is 36.4 Å². The van der Waals surface area contributed by atoms with E-state index < -0.39 is 18.0 Å². The summed E-state index contributed by atoms with van der Waals surface area (Å²) in [7, 11) is 0. The molecule has 0 radical (unpaired) electrons. The first-order valence-electron chi connectivity index (χ1n) is 13.4. The van der Waals surface area contributed by atoms with Gasteiger partial charge in [0.25, 0.3) is 5.91 Å². The number of ether oxygens (including phenoxy) is 1. The first kappa shape index (κ1) is 26.3. The van der Waals surface area contributed by atoms with E-state index in [0.717, 1.165) is 22.0 Å². The number of amides is 1. The molecule has 7 rings (SSSR count). The van der Waals surface area contributed by atoms with Crippen molar-refractivity contribution >= 4 is 50.2 Å². The molecule has 1 atom stereocenters. The van der Waals surface area contributed by atoms with Crippen LogP contribution >= 0.6 is 11.3 Å². The molecule has 10 heteroatoms. The van der Waals surface area contributed by atoms with Crippen molar-refractivity contribution in [3.8, 4) is 34.2 Å². The van der Waals surface area contributed by atoms with E-state index in [-0.39, 0.29) is 5.56 Å². The van der Waals surface area contributed by atoms with Crippen LogP contribution in [0.15, 0.2) is 112 Å². The summed E-state index contributed by atoms with van der Waals surface area (Å²) in [5, 5.41) is 7.28. The number of rotatable bonds is 7. The van der Waals surface area contributed by atoms with Crippen LogP contribution in [0.5, 0.6) is 0 Å². The number of esters is 1. The van der Waals surface area contributed by atoms with Crippen molar-refractivity contribution < 1.29 is 23.2 Å². The van der Waals surface area contributed by atoms with Gasteiger partial charge in [0.15, 0.2) is 22.8 Å². The first-order chi connectivity index (χ1) is 21.0. The average molecular weight is 587 g/mol. The van der Waals surface area contributed by atoms with E-state index in [9.17, 15) is 9.59 Å². The van der Waals surface area contributed by atoms with Crippen molar-refractivity contribution in [2.24, 2.45) is 0 Å². The van der Waals surface area contributed by atoms with Crippen molar-refractivity contribution in [2.45, 2.75) is 13.0 Å². The first-order valence-corrected chi connectivity index (χ1v) is 14.3. The molecule has 1 N–H and O–H groups in total. The summed E-state index contributed by atoms with van der Waals surface area (Å²) in [5.74, 6) is -0.118. The average Bonchev–Trinajstić information content (AvgIpc) is 3.83. The molecule has 0 aliphatic heterocycles. The Bertz CT molecular complexity index is 2100. The Morgan fingerprint density at radius 1 is 0.791 bits per heavy atom. The van der Waals surface area contributed by atoms with Crippen LogP contribution in [0.1, 0.15) is 17.3 Å². The fourth-order valence-electron chi connectivity index (χ4n) is 4.65. The number of hydrogen-bond donors (Lipinski definition) is 1. The molecule has 4 heterocycles. The molecule has 0 fully saturated rings. The molecule has 43 heavy (non-hydrogen) atoms. The number of benzene rings is 3. The molecule has 4 aromatic heterocycles. The number of aromatic nitrogens is 3. The predicted molar refractivity (Wildman–Crippen MR) is 164 cm³/mol. The number of furan rings is 2. The van der Waals surface area contributed by atoms with Gasteiger partial charge >= 0.3 is 5.97 Å². The second kappa shape index (κ2) is 11.0. The van der Waals surface area contributed by atoms with E-state index in [1.54, 1.807) is 55.0 Å². The Kier molecular flexibility index (Phi) is 6.72. The molecule has 0 saturated carbocycles. The lowest BCUT2D eigenvalue weighted by Gasteiger charge is -2.13. The molecule has 3 aromatic carbocycles. The van der Waals surface area contributed by atoms with Crippen molar-refractivity contribution in [3.63, 3.8) is 0 Å². The number of carbonyl (C=O) groups excluding carboxylic acids is 2. The molecule has 210 valence electrons. The van der Waals surface area contributed by atoms with Crippen LogP contribution in [0.25, 0.3) is 56.0 Å². The largest absolute Gasteiger partial charge is 0.463 e. The maximum atomic E-state index is 13.0. The summed E-state index contributed by atoms with van der Waals surface area (Å²) >= 11 is 1.30.